The Morgan fingerprint density at radius 2 is 1.92 bits per heavy atom. The fraction of sp³-hybridized carbons (Fsp3) is 0.444. The van der Waals surface area contributed by atoms with Crippen LogP contribution in [0, 0.1) is 5.92 Å². The predicted molar refractivity (Wildman–Crippen MR) is 49.6 cm³/mol. The van der Waals surface area contributed by atoms with E-state index >= 15 is 0 Å². The highest BCUT2D eigenvalue weighted by atomic mass is 16.3. The Hall–Kier alpha value is -1.29. The summed E-state index contributed by atoms with van der Waals surface area (Å²) in [7, 11) is 0. The minimum absolute atomic E-state index is 0.0736. The van der Waals surface area contributed by atoms with E-state index in [9.17, 15) is 9.90 Å². The molecular formula is C9H14N2O2. The molecule has 1 aromatic heterocycles. The Kier molecular flexibility index (Phi) is 3.08. The first-order valence-corrected chi connectivity index (χ1v) is 4.23. The van der Waals surface area contributed by atoms with Gasteiger partial charge in [0.15, 0.2) is 0 Å². The third-order valence-electron chi connectivity index (χ3n) is 1.74. The minimum Gasteiger partial charge on any atom is -0.383 e. The van der Waals surface area contributed by atoms with Gasteiger partial charge in [-0.2, -0.15) is 0 Å². The number of carbonyl (C=O) groups excluding carboxylic acids is 1. The number of carbonyl (C=O) groups is 1. The van der Waals surface area contributed by atoms with Gasteiger partial charge in [-0.1, -0.05) is 13.8 Å². The fourth-order valence-electron chi connectivity index (χ4n) is 0.905. The third-order valence-corrected chi connectivity index (χ3v) is 1.74. The first kappa shape index (κ1) is 9.80. The highest BCUT2D eigenvalue weighted by molar-refractivity contribution is 5.87. The molecule has 0 saturated heterocycles. The van der Waals surface area contributed by atoms with Crippen LogP contribution in [-0.2, 0) is 4.79 Å². The number of nitrogens with zero attached hydrogens (tertiary/aromatic N) is 1. The Balaban J connectivity index is 2.51. The number of aliphatic hydroxyl groups excluding tert-OH is 1. The average Bonchev–Trinajstić information content (AvgIpc) is 2.55. The highest BCUT2D eigenvalue weighted by Gasteiger charge is 2.18. The van der Waals surface area contributed by atoms with Crippen LogP contribution in [0.1, 0.15) is 13.8 Å². The molecule has 4 heteroatoms. The Bertz CT molecular complexity index is 267. The van der Waals surface area contributed by atoms with Gasteiger partial charge in [0.1, 0.15) is 6.10 Å². The molecule has 0 aliphatic carbocycles. The van der Waals surface area contributed by atoms with Crippen LogP contribution in [0.2, 0.25) is 0 Å². The lowest BCUT2D eigenvalue weighted by Crippen LogP contribution is -2.35. The molecule has 0 aliphatic heterocycles. The summed E-state index contributed by atoms with van der Waals surface area (Å²) < 4.78 is 1.51. The number of nitrogens with one attached hydrogen (secondary N) is 1. The van der Waals surface area contributed by atoms with Crippen LogP contribution in [0.3, 0.4) is 0 Å². The molecule has 4 nitrogen and oxygen atoms in total. The molecule has 0 aromatic carbocycles. The molecule has 0 radical (unpaired) electrons. The molecule has 0 fully saturated rings. The normalized spacial score (nSPS) is 12.9. The molecule has 0 aliphatic rings. The van der Waals surface area contributed by atoms with Crippen molar-refractivity contribution >= 4 is 5.91 Å². The lowest BCUT2D eigenvalue weighted by Gasteiger charge is -2.14. The van der Waals surface area contributed by atoms with E-state index in [-0.39, 0.29) is 11.8 Å². The second kappa shape index (κ2) is 4.09. The molecule has 0 saturated carbocycles. The number of aromatic nitrogens is 1. The Morgan fingerprint density at radius 1 is 1.38 bits per heavy atom. The number of hydrogen-bond acceptors (Lipinski definition) is 2. The largest absolute Gasteiger partial charge is 0.383 e. The topological polar surface area (TPSA) is 54.3 Å². The van der Waals surface area contributed by atoms with Crippen LogP contribution in [-0.4, -0.2) is 21.8 Å². The summed E-state index contributed by atoms with van der Waals surface area (Å²) >= 11 is 0. The summed E-state index contributed by atoms with van der Waals surface area (Å²) in [5, 5.41) is 9.37. The van der Waals surface area contributed by atoms with Gasteiger partial charge >= 0.3 is 0 Å². The van der Waals surface area contributed by atoms with E-state index in [2.05, 4.69) is 5.43 Å². The van der Waals surface area contributed by atoms with Crippen molar-refractivity contribution in [2.24, 2.45) is 5.92 Å². The molecule has 2 N–H and O–H groups in total. The van der Waals surface area contributed by atoms with Crippen LogP contribution >= 0.6 is 0 Å². The van der Waals surface area contributed by atoms with Gasteiger partial charge in [-0.25, -0.2) is 0 Å². The maximum absolute atomic E-state index is 11.3. The van der Waals surface area contributed by atoms with E-state index < -0.39 is 6.10 Å². The maximum Gasteiger partial charge on any atom is 0.267 e. The SMILES string of the molecule is CC(C)[C@H](O)C(=O)Nn1cccc1. The fourth-order valence-corrected chi connectivity index (χ4v) is 0.905. The average molecular weight is 182 g/mol. The van der Waals surface area contributed by atoms with Gasteiger partial charge in [-0.15, -0.1) is 0 Å². The summed E-state index contributed by atoms with van der Waals surface area (Å²) in [6, 6.07) is 3.59. The van der Waals surface area contributed by atoms with Gasteiger partial charge in [0, 0.05) is 12.4 Å². The van der Waals surface area contributed by atoms with Crippen LogP contribution < -0.4 is 5.43 Å². The first-order chi connectivity index (χ1) is 6.11. The summed E-state index contributed by atoms with van der Waals surface area (Å²) in [5.41, 5.74) is 2.53. The summed E-state index contributed by atoms with van der Waals surface area (Å²) in [4.78, 5) is 11.3. The number of aliphatic hydroxyl groups is 1. The molecule has 13 heavy (non-hydrogen) atoms. The van der Waals surface area contributed by atoms with Crippen molar-refractivity contribution in [3.63, 3.8) is 0 Å². The van der Waals surface area contributed by atoms with Crippen molar-refractivity contribution in [1.82, 2.24) is 4.68 Å². The van der Waals surface area contributed by atoms with Crippen molar-refractivity contribution in [3.8, 4) is 0 Å². The molecule has 1 atom stereocenters. The molecule has 1 heterocycles. The van der Waals surface area contributed by atoms with Crippen LogP contribution in [0.4, 0.5) is 0 Å². The summed E-state index contributed by atoms with van der Waals surface area (Å²) in [6.45, 7) is 3.58. The molecule has 0 spiro atoms. The maximum atomic E-state index is 11.3. The molecule has 0 bridgehead atoms. The minimum atomic E-state index is -0.956. The van der Waals surface area contributed by atoms with E-state index in [1.807, 2.05) is 0 Å². The zero-order valence-corrected chi connectivity index (χ0v) is 7.77. The third kappa shape index (κ3) is 2.59. The molecular weight excluding hydrogens is 168 g/mol. The van der Waals surface area contributed by atoms with Gasteiger partial charge in [0.05, 0.1) is 0 Å². The highest BCUT2D eigenvalue weighted by Crippen LogP contribution is 2.01. The van der Waals surface area contributed by atoms with Gasteiger partial charge in [-0.3, -0.25) is 14.9 Å². The van der Waals surface area contributed by atoms with Crippen LogP contribution in [0.25, 0.3) is 0 Å². The van der Waals surface area contributed by atoms with Crippen LogP contribution in [0.15, 0.2) is 24.5 Å². The van der Waals surface area contributed by atoms with Crippen molar-refractivity contribution in [2.45, 2.75) is 20.0 Å². The number of hydrogen-bond donors (Lipinski definition) is 2. The van der Waals surface area contributed by atoms with Gasteiger partial charge in [-0.05, 0) is 18.1 Å². The zero-order chi connectivity index (χ0) is 9.84. The Labute approximate surface area is 77.2 Å². The van der Waals surface area contributed by atoms with E-state index in [1.165, 1.54) is 4.68 Å². The number of amides is 1. The molecule has 1 amide bonds. The lowest BCUT2D eigenvalue weighted by atomic mass is 10.1. The van der Waals surface area contributed by atoms with Crippen molar-refractivity contribution in [1.29, 1.82) is 0 Å². The van der Waals surface area contributed by atoms with E-state index in [4.69, 9.17) is 0 Å². The van der Waals surface area contributed by atoms with Gasteiger partial charge in [0.25, 0.3) is 5.91 Å². The summed E-state index contributed by atoms with van der Waals surface area (Å²) in [5.74, 6) is -0.457. The molecule has 1 rings (SSSR count). The zero-order valence-electron chi connectivity index (χ0n) is 7.77. The predicted octanol–water partition coefficient (Wildman–Crippen LogP) is 0.575. The first-order valence-electron chi connectivity index (χ1n) is 4.23. The smallest absolute Gasteiger partial charge is 0.267 e. The monoisotopic (exact) mass is 182 g/mol. The Morgan fingerprint density at radius 3 is 2.38 bits per heavy atom. The van der Waals surface area contributed by atoms with Gasteiger partial charge in [0.2, 0.25) is 0 Å². The van der Waals surface area contributed by atoms with Crippen molar-refractivity contribution < 1.29 is 9.90 Å². The van der Waals surface area contributed by atoms with E-state index in [0.717, 1.165) is 0 Å². The molecule has 1 aromatic rings. The molecule has 0 unspecified atom stereocenters. The molecule has 72 valence electrons. The second-order valence-corrected chi connectivity index (χ2v) is 3.26. The standard InChI is InChI=1S/C9H14N2O2/c1-7(2)8(12)9(13)10-11-5-3-4-6-11/h3-8,12H,1-2H3,(H,10,13)/t8-/m0/s1. The van der Waals surface area contributed by atoms with Crippen LogP contribution in [0.5, 0.6) is 0 Å². The summed E-state index contributed by atoms with van der Waals surface area (Å²) in [6.07, 6.45) is 2.44. The second-order valence-electron chi connectivity index (χ2n) is 3.26. The van der Waals surface area contributed by atoms with E-state index in [1.54, 1.807) is 38.4 Å². The van der Waals surface area contributed by atoms with Crippen molar-refractivity contribution in [2.75, 3.05) is 5.43 Å². The van der Waals surface area contributed by atoms with Crippen molar-refractivity contribution in [3.05, 3.63) is 24.5 Å². The van der Waals surface area contributed by atoms with Gasteiger partial charge < -0.3 is 5.11 Å². The number of rotatable bonds is 3. The van der Waals surface area contributed by atoms with E-state index in [0.29, 0.717) is 0 Å². The quantitative estimate of drug-likeness (QED) is 0.718. The lowest BCUT2D eigenvalue weighted by molar-refractivity contribution is -0.126.